The van der Waals surface area contributed by atoms with Gasteiger partial charge >= 0.3 is 0 Å². The number of carbonyl (C=O) groups excluding carboxylic acids is 2. The Morgan fingerprint density at radius 1 is 1.15 bits per heavy atom. The zero-order valence-electron chi connectivity index (χ0n) is 16.0. The smallest absolute Gasteiger partial charge is 0.274 e. The number of nitrogens with zero attached hydrogens (tertiary/aromatic N) is 2. The summed E-state index contributed by atoms with van der Waals surface area (Å²) in [6, 6.07) is 11.7. The third-order valence-electron chi connectivity index (χ3n) is 5.14. The molecule has 144 valence electrons. The standard InChI is InChI=1S/C21H27N3O3/c1-23-13-6-8-19(23)21(26)22-20(25)15-24-14-5-3-4-7-18(24)16-9-11-17(27-2)12-10-16/h6,8-13,18H,3-5,7,14-15H2,1-2H3,(H,22,25,26)/t18-/m1/s1. The number of nitrogens with one attached hydrogen (secondary N) is 1. The fourth-order valence-electron chi connectivity index (χ4n) is 3.67. The van der Waals surface area contributed by atoms with E-state index in [0.29, 0.717) is 5.69 Å². The second-order valence-electron chi connectivity index (χ2n) is 6.99. The first kappa shape index (κ1) is 19.2. The first-order chi connectivity index (χ1) is 13.1. The van der Waals surface area contributed by atoms with Gasteiger partial charge in [-0.3, -0.25) is 19.8 Å². The van der Waals surface area contributed by atoms with Crippen LogP contribution >= 0.6 is 0 Å². The van der Waals surface area contributed by atoms with Gasteiger partial charge in [0.15, 0.2) is 0 Å². The molecule has 0 bridgehead atoms. The lowest BCUT2D eigenvalue weighted by Gasteiger charge is -2.29. The molecule has 0 saturated carbocycles. The van der Waals surface area contributed by atoms with Gasteiger partial charge in [0.25, 0.3) is 5.91 Å². The molecule has 1 N–H and O–H groups in total. The van der Waals surface area contributed by atoms with Gasteiger partial charge in [-0.15, -0.1) is 0 Å². The number of aromatic nitrogens is 1. The number of methoxy groups -OCH3 is 1. The molecule has 2 heterocycles. The highest BCUT2D eigenvalue weighted by molar-refractivity contribution is 6.04. The predicted molar refractivity (Wildman–Crippen MR) is 104 cm³/mol. The Labute approximate surface area is 160 Å². The topological polar surface area (TPSA) is 63.6 Å². The number of hydrogen-bond acceptors (Lipinski definition) is 4. The minimum absolute atomic E-state index is 0.175. The fourth-order valence-corrected chi connectivity index (χ4v) is 3.67. The van der Waals surface area contributed by atoms with Crippen LogP contribution in [0.4, 0.5) is 0 Å². The summed E-state index contributed by atoms with van der Waals surface area (Å²) >= 11 is 0. The Bertz CT molecular complexity index is 782. The normalized spacial score (nSPS) is 17.9. The van der Waals surface area contributed by atoms with E-state index in [1.807, 2.05) is 12.1 Å². The summed E-state index contributed by atoms with van der Waals surface area (Å²) in [6.45, 7) is 1.06. The fraction of sp³-hybridized carbons (Fsp3) is 0.429. The largest absolute Gasteiger partial charge is 0.497 e. The average Bonchev–Trinajstić information content (AvgIpc) is 2.97. The highest BCUT2D eigenvalue weighted by atomic mass is 16.5. The Morgan fingerprint density at radius 2 is 1.93 bits per heavy atom. The molecule has 0 spiro atoms. The van der Waals surface area contributed by atoms with Crippen LogP contribution in [0.1, 0.15) is 47.8 Å². The number of ether oxygens (including phenoxy) is 1. The maximum Gasteiger partial charge on any atom is 0.274 e. The molecule has 27 heavy (non-hydrogen) atoms. The molecule has 1 aromatic heterocycles. The zero-order valence-corrected chi connectivity index (χ0v) is 16.0. The van der Waals surface area contributed by atoms with Crippen LogP contribution in [0.15, 0.2) is 42.6 Å². The summed E-state index contributed by atoms with van der Waals surface area (Å²) in [7, 11) is 3.44. The highest BCUT2D eigenvalue weighted by Crippen LogP contribution is 2.30. The van der Waals surface area contributed by atoms with Crippen molar-refractivity contribution in [3.8, 4) is 5.75 Å². The number of imide groups is 1. The predicted octanol–water partition coefficient (Wildman–Crippen LogP) is 2.91. The van der Waals surface area contributed by atoms with E-state index in [-0.39, 0.29) is 24.4 Å². The minimum atomic E-state index is -0.358. The average molecular weight is 369 g/mol. The number of rotatable bonds is 5. The van der Waals surface area contributed by atoms with Crippen LogP contribution in [0.2, 0.25) is 0 Å². The van der Waals surface area contributed by atoms with Gasteiger partial charge in [-0.2, -0.15) is 0 Å². The van der Waals surface area contributed by atoms with Crippen LogP contribution in [0, 0.1) is 0 Å². The molecular formula is C21H27N3O3. The lowest BCUT2D eigenvalue weighted by atomic mass is 10.0. The van der Waals surface area contributed by atoms with Crippen molar-refractivity contribution in [1.29, 1.82) is 0 Å². The van der Waals surface area contributed by atoms with E-state index < -0.39 is 0 Å². The van der Waals surface area contributed by atoms with E-state index in [9.17, 15) is 9.59 Å². The number of carbonyl (C=O) groups is 2. The van der Waals surface area contributed by atoms with Crippen LogP contribution in [0.25, 0.3) is 0 Å². The van der Waals surface area contributed by atoms with Gasteiger partial charge in [-0.1, -0.05) is 25.0 Å². The molecule has 1 fully saturated rings. The molecule has 3 rings (SSSR count). The summed E-state index contributed by atoms with van der Waals surface area (Å²) in [6.07, 6.45) is 6.15. The van der Waals surface area contributed by atoms with Gasteiger partial charge in [0.2, 0.25) is 5.91 Å². The van der Waals surface area contributed by atoms with Crippen LogP contribution < -0.4 is 10.1 Å². The SMILES string of the molecule is COc1ccc([C@H]2CCCCCN2CC(=O)NC(=O)c2cccn2C)cc1. The van der Waals surface area contributed by atoms with Crippen LogP contribution in [-0.2, 0) is 11.8 Å². The molecule has 1 aliphatic heterocycles. The van der Waals surface area contributed by atoms with Crippen molar-refractivity contribution in [1.82, 2.24) is 14.8 Å². The molecule has 1 saturated heterocycles. The summed E-state index contributed by atoms with van der Waals surface area (Å²) < 4.78 is 6.95. The Kier molecular flexibility index (Phi) is 6.29. The molecule has 0 aliphatic carbocycles. The van der Waals surface area contributed by atoms with E-state index in [1.54, 1.807) is 37.1 Å². The van der Waals surface area contributed by atoms with Gasteiger partial charge < -0.3 is 9.30 Å². The van der Waals surface area contributed by atoms with E-state index in [2.05, 4.69) is 22.3 Å². The number of hydrogen-bond donors (Lipinski definition) is 1. The number of likely N-dealkylation sites (tertiary alicyclic amines) is 1. The molecule has 6 nitrogen and oxygen atoms in total. The molecule has 1 aromatic carbocycles. The zero-order chi connectivity index (χ0) is 19.2. The van der Waals surface area contributed by atoms with Crippen molar-refractivity contribution >= 4 is 11.8 Å². The molecule has 2 aromatic rings. The van der Waals surface area contributed by atoms with Crippen molar-refractivity contribution in [3.63, 3.8) is 0 Å². The Hall–Kier alpha value is -2.60. The number of aryl methyl sites for hydroxylation is 1. The molecule has 0 radical (unpaired) electrons. The molecule has 1 aliphatic rings. The van der Waals surface area contributed by atoms with Crippen molar-refractivity contribution in [2.24, 2.45) is 7.05 Å². The Morgan fingerprint density at radius 3 is 2.59 bits per heavy atom. The lowest BCUT2D eigenvalue weighted by Crippen LogP contribution is -2.42. The quantitative estimate of drug-likeness (QED) is 0.880. The van der Waals surface area contributed by atoms with E-state index >= 15 is 0 Å². The lowest BCUT2D eigenvalue weighted by molar-refractivity contribution is -0.121. The monoisotopic (exact) mass is 369 g/mol. The van der Waals surface area contributed by atoms with E-state index in [4.69, 9.17) is 4.74 Å². The van der Waals surface area contributed by atoms with Crippen LogP contribution in [0.3, 0.4) is 0 Å². The second kappa shape index (κ2) is 8.86. The Balaban J connectivity index is 1.68. The van der Waals surface area contributed by atoms with Crippen molar-refractivity contribution in [2.75, 3.05) is 20.2 Å². The summed E-state index contributed by atoms with van der Waals surface area (Å²) in [5.41, 5.74) is 1.66. The summed E-state index contributed by atoms with van der Waals surface area (Å²) in [4.78, 5) is 27.0. The molecule has 6 heteroatoms. The molecule has 2 amide bonds. The minimum Gasteiger partial charge on any atom is -0.497 e. The van der Waals surface area contributed by atoms with E-state index in [1.165, 1.54) is 5.56 Å². The van der Waals surface area contributed by atoms with Crippen molar-refractivity contribution < 1.29 is 14.3 Å². The van der Waals surface area contributed by atoms with Crippen LogP contribution in [0.5, 0.6) is 5.75 Å². The third kappa shape index (κ3) is 4.77. The van der Waals surface area contributed by atoms with Gasteiger partial charge in [-0.05, 0) is 49.2 Å². The molecule has 1 atom stereocenters. The number of amides is 2. The van der Waals surface area contributed by atoms with Gasteiger partial charge in [0.1, 0.15) is 11.4 Å². The third-order valence-corrected chi connectivity index (χ3v) is 5.14. The summed E-state index contributed by atoms with van der Waals surface area (Å²) in [5.74, 6) is 0.203. The van der Waals surface area contributed by atoms with Crippen molar-refractivity contribution in [3.05, 3.63) is 53.9 Å². The van der Waals surface area contributed by atoms with Gasteiger partial charge in [0.05, 0.1) is 13.7 Å². The highest BCUT2D eigenvalue weighted by Gasteiger charge is 2.25. The van der Waals surface area contributed by atoms with Crippen molar-refractivity contribution in [2.45, 2.75) is 31.7 Å². The molecular weight excluding hydrogens is 342 g/mol. The maximum absolute atomic E-state index is 12.5. The first-order valence-corrected chi connectivity index (χ1v) is 9.42. The van der Waals surface area contributed by atoms with E-state index in [0.717, 1.165) is 38.0 Å². The van der Waals surface area contributed by atoms with Crippen LogP contribution in [-0.4, -0.2) is 41.5 Å². The number of benzene rings is 1. The maximum atomic E-state index is 12.5. The van der Waals surface area contributed by atoms with Gasteiger partial charge in [0, 0.05) is 19.3 Å². The second-order valence-corrected chi connectivity index (χ2v) is 6.99. The summed E-state index contributed by atoms with van der Waals surface area (Å²) in [5, 5.41) is 2.52. The first-order valence-electron chi connectivity index (χ1n) is 9.42. The van der Waals surface area contributed by atoms with Gasteiger partial charge in [-0.25, -0.2) is 0 Å². The molecule has 0 unspecified atom stereocenters.